The second-order valence-electron chi connectivity index (χ2n) is 10.8. The zero-order chi connectivity index (χ0) is 26.6. The van der Waals surface area contributed by atoms with Gasteiger partial charge in [0.15, 0.2) is 0 Å². The van der Waals surface area contributed by atoms with Crippen LogP contribution in [0.1, 0.15) is 36.8 Å². The van der Waals surface area contributed by atoms with Crippen molar-refractivity contribution in [2.24, 2.45) is 17.8 Å². The first-order valence-corrected chi connectivity index (χ1v) is 13.5. The summed E-state index contributed by atoms with van der Waals surface area (Å²) in [6, 6.07) is 24.9. The number of esters is 1. The molecule has 2 fully saturated rings. The molecule has 0 N–H and O–H groups in total. The summed E-state index contributed by atoms with van der Waals surface area (Å²) in [5.41, 5.74) is 6.29. The van der Waals surface area contributed by atoms with E-state index in [4.69, 9.17) is 4.74 Å². The summed E-state index contributed by atoms with van der Waals surface area (Å²) in [4.78, 5) is 29.6. The molecule has 38 heavy (non-hydrogen) atoms. The van der Waals surface area contributed by atoms with Crippen LogP contribution < -0.4 is 9.80 Å². The fourth-order valence-electron chi connectivity index (χ4n) is 6.01. The third-order valence-corrected chi connectivity index (χ3v) is 8.13. The number of methoxy groups -OCH3 is 1. The van der Waals surface area contributed by atoms with E-state index in [-0.39, 0.29) is 11.8 Å². The summed E-state index contributed by atoms with van der Waals surface area (Å²) in [6.07, 6.45) is 7.76. The van der Waals surface area contributed by atoms with Crippen molar-refractivity contribution >= 4 is 29.3 Å². The average Bonchev–Trinajstić information content (AvgIpc) is 3.59. The molecule has 196 valence electrons. The lowest BCUT2D eigenvalue weighted by Gasteiger charge is -2.30. The van der Waals surface area contributed by atoms with Crippen molar-refractivity contribution in [3.63, 3.8) is 0 Å². The van der Waals surface area contributed by atoms with Crippen LogP contribution in [0.3, 0.4) is 0 Å². The number of fused-ring (bicyclic) bond motifs is 2. The quantitative estimate of drug-likeness (QED) is 0.255. The van der Waals surface area contributed by atoms with Crippen LogP contribution in [-0.2, 0) is 20.9 Å². The maximum absolute atomic E-state index is 14.0. The molecule has 0 radical (unpaired) electrons. The second kappa shape index (κ2) is 11.3. The topological polar surface area (TPSA) is 49.9 Å². The summed E-state index contributed by atoms with van der Waals surface area (Å²) in [5, 5.41) is 0. The van der Waals surface area contributed by atoms with Crippen LogP contribution in [-0.4, -0.2) is 33.1 Å². The molecule has 2 aliphatic rings. The Morgan fingerprint density at radius 1 is 0.895 bits per heavy atom. The predicted octanol–water partition coefficient (Wildman–Crippen LogP) is 6.58. The van der Waals surface area contributed by atoms with E-state index >= 15 is 0 Å². The van der Waals surface area contributed by atoms with E-state index in [0.29, 0.717) is 18.4 Å². The maximum atomic E-state index is 14.0. The Morgan fingerprint density at radius 3 is 2.21 bits per heavy atom. The normalized spacial score (nSPS) is 20.0. The largest absolute Gasteiger partial charge is 0.466 e. The number of hydrogen-bond donors (Lipinski definition) is 0. The number of benzene rings is 3. The molecule has 0 heterocycles. The van der Waals surface area contributed by atoms with E-state index in [1.165, 1.54) is 37.3 Å². The highest BCUT2D eigenvalue weighted by atomic mass is 16.5. The SMILES string of the molecule is COC(=O)/C=C/c1cccc(N(Cc2ccc(-c3ccc(N(C)C)cc3)cc2)C(=O)C2CC3CCC2C3)c1. The van der Waals surface area contributed by atoms with Crippen LogP contribution in [0.2, 0.25) is 0 Å². The smallest absolute Gasteiger partial charge is 0.330 e. The number of hydrogen-bond acceptors (Lipinski definition) is 4. The maximum Gasteiger partial charge on any atom is 0.330 e. The number of carbonyl (C=O) groups is 2. The molecule has 0 spiro atoms. The van der Waals surface area contributed by atoms with Crippen LogP contribution in [0, 0.1) is 17.8 Å². The van der Waals surface area contributed by atoms with Crippen LogP contribution >= 0.6 is 0 Å². The van der Waals surface area contributed by atoms with Crippen LogP contribution in [0.25, 0.3) is 17.2 Å². The Bertz CT molecular complexity index is 1310. The van der Waals surface area contributed by atoms with Gasteiger partial charge in [-0.15, -0.1) is 0 Å². The molecule has 5 rings (SSSR count). The van der Waals surface area contributed by atoms with Gasteiger partial charge in [-0.3, -0.25) is 4.79 Å². The molecule has 5 nitrogen and oxygen atoms in total. The first kappa shape index (κ1) is 25.8. The Kier molecular flexibility index (Phi) is 7.64. The Labute approximate surface area is 225 Å². The van der Waals surface area contributed by atoms with E-state index < -0.39 is 5.97 Å². The molecule has 3 atom stereocenters. The summed E-state index contributed by atoms with van der Waals surface area (Å²) in [7, 11) is 5.44. The third-order valence-electron chi connectivity index (χ3n) is 8.13. The van der Waals surface area contributed by atoms with Gasteiger partial charge in [-0.25, -0.2) is 4.79 Å². The minimum Gasteiger partial charge on any atom is -0.466 e. The summed E-state index contributed by atoms with van der Waals surface area (Å²) in [5.74, 6) is 1.11. The minimum absolute atomic E-state index is 0.0949. The van der Waals surface area contributed by atoms with E-state index in [1.54, 1.807) is 6.08 Å². The molecule has 3 unspecified atom stereocenters. The van der Waals surface area contributed by atoms with Gasteiger partial charge in [-0.2, -0.15) is 0 Å². The van der Waals surface area contributed by atoms with Crippen molar-refractivity contribution in [2.75, 3.05) is 31.0 Å². The van der Waals surface area contributed by atoms with Gasteiger partial charge < -0.3 is 14.5 Å². The highest BCUT2D eigenvalue weighted by Gasteiger charge is 2.44. The molecular formula is C33H36N2O3. The summed E-state index contributed by atoms with van der Waals surface area (Å²) in [6.45, 7) is 0.511. The fourth-order valence-corrected chi connectivity index (χ4v) is 6.01. The zero-order valence-corrected chi connectivity index (χ0v) is 22.5. The van der Waals surface area contributed by atoms with Gasteiger partial charge >= 0.3 is 5.97 Å². The first-order chi connectivity index (χ1) is 18.4. The van der Waals surface area contributed by atoms with Gasteiger partial charge in [-0.05, 0) is 83.7 Å². The zero-order valence-electron chi connectivity index (χ0n) is 22.5. The second-order valence-corrected chi connectivity index (χ2v) is 10.8. The molecule has 0 aromatic heterocycles. The van der Waals surface area contributed by atoms with E-state index in [0.717, 1.165) is 35.2 Å². The van der Waals surface area contributed by atoms with E-state index in [2.05, 4.69) is 53.4 Å². The Hall–Kier alpha value is -3.86. The molecule has 0 aliphatic heterocycles. The number of carbonyl (C=O) groups excluding carboxylic acids is 2. The lowest BCUT2D eigenvalue weighted by molar-refractivity contribution is -0.134. The highest BCUT2D eigenvalue weighted by molar-refractivity contribution is 5.96. The molecule has 1 amide bonds. The molecule has 2 bridgehead atoms. The van der Waals surface area contributed by atoms with Gasteiger partial charge in [0.25, 0.3) is 0 Å². The van der Waals surface area contributed by atoms with Crippen molar-refractivity contribution in [1.29, 1.82) is 0 Å². The molecule has 5 heteroatoms. The van der Waals surface area contributed by atoms with Crippen molar-refractivity contribution in [3.05, 3.63) is 90.0 Å². The monoisotopic (exact) mass is 508 g/mol. The van der Waals surface area contributed by atoms with Crippen LogP contribution in [0.4, 0.5) is 11.4 Å². The number of ether oxygens (including phenoxy) is 1. The van der Waals surface area contributed by atoms with Crippen LogP contribution in [0.15, 0.2) is 78.9 Å². The van der Waals surface area contributed by atoms with Crippen molar-refractivity contribution in [2.45, 2.75) is 32.2 Å². The molecule has 2 saturated carbocycles. The number of amides is 1. The third kappa shape index (κ3) is 5.67. The van der Waals surface area contributed by atoms with Crippen molar-refractivity contribution in [1.82, 2.24) is 0 Å². The number of anilines is 2. The molecule has 3 aromatic rings. The minimum atomic E-state index is -0.401. The van der Waals surface area contributed by atoms with Crippen molar-refractivity contribution in [3.8, 4) is 11.1 Å². The lowest BCUT2D eigenvalue weighted by atomic mass is 9.87. The van der Waals surface area contributed by atoms with Gasteiger partial charge in [-0.1, -0.05) is 55.0 Å². The molecule has 2 aliphatic carbocycles. The summed E-state index contributed by atoms with van der Waals surface area (Å²) < 4.78 is 4.73. The van der Waals surface area contributed by atoms with Gasteiger partial charge in [0, 0.05) is 37.5 Å². The molecular weight excluding hydrogens is 472 g/mol. The lowest BCUT2D eigenvalue weighted by Crippen LogP contribution is -2.38. The number of nitrogens with zero attached hydrogens (tertiary/aromatic N) is 2. The van der Waals surface area contributed by atoms with Crippen LogP contribution in [0.5, 0.6) is 0 Å². The predicted molar refractivity (Wildman–Crippen MR) is 154 cm³/mol. The summed E-state index contributed by atoms with van der Waals surface area (Å²) >= 11 is 0. The molecule has 3 aromatic carbocycles. The Morgan fingerprint density at radius 2 is 1.61 bits per heavy atom. The van der Waals surface area contributed by atoms with Gasteiger partial charge in [0.2, 0.25) is 5.91 Å². The molecule has 0 saturated heterocycles. The Balaban J connectivity index is 1.40. The average molecular weight is 509 g/mol. The standard InChI is InChI=1S/C33H36N2O3/c1-34(2)29-16-14-27(15-17-29)26-11-7-24(8-12-26)22-35(33(37)31-21-25-9-13-28(31)19-25)30-6-4-5-23(20-30)10-18-32(36)38-3/h4-8,10-12,14-18,20,25,28,31H,9,13,19,21-22H2,1-3H3/b18-10+. The van der Waals surface area contributed by atoms with Gasteiger partial charge in [0.1, 0.15) is 0 Å². The number of rotatable bonds is 8. The van der Waals surface area contributed by atoms with E-state index in [1.807, 2.05) is 43.3 Å². The van der Waals surface area contributed by atoms with Crippen molar-refractivity contribution < 1.29 is 14.3 Å². The first-order valence-electron chi connectivity index (χ1n) is 13.5. The van der Waals surface area contributed by atoms with E-state index in [9.17, 15) is 9.59 Å². The highest BCUT2D eigenvalue weighted by Crippen LogP contribution is 2.49. The fraction of sp³-hybridized carbons (Fsp3) is 0.333. The van der Waals surface area contributed by atoms with Gasteiger partial charge in [0.05, 0.1) is 13.7 Å².